The van der Waals surface area contributed by atoms with E-state index in [-0.39, 0.29) is 10.2 Å². The van der Waals surface area contributed by atoms with Crippen LogP contribution in [0.5, 0.6) is 0 Å². The molecule has 76 valence electrons. The molecule has 0 radical (unpaired) electrons. The molecule has 1 aliphatic carbocycles. The predicted octanol–water partition coefficient (Wildman–Crippen LogP) is 3.25. The predicted molar refractivity (Wildman–Crippen MR) is 57.9 cm³/mol. The second kappa shape index (κ2) is 5.67. The number of rotatable bonds is 2. The van der Waals surface area contributed by atoms with Crippen molar-refractivity contribution in [2.45, 2.75) is 49.2 Å². The van der Waals surface area contributed by atoms with Gasteiger partial charge in [0.05, 0.1) is 0 Å². The van der Waals surface area contributed by atoms with E-state index in [0.717, 1.165) is 25.7 Å². The second-order valence-corrected chi connectivity index (χ2v) is 5.04. The van der Waals surface area contributed by atoms with Gasteiger partial charge in [-0.15, -0.1) is 0 Å². The van der Waals surface area contributed by atoms with Crippen LogP contribution in [0.3, 0.4) is 0 Å². The van der Waals surface area contributed by atoms with E-state index in [9.17, 15) is 4.79 Å². The Morgan fingerprint density at radius 3 is 2.54 bits per heavy atom. The molecular weight excluding hydrogens is 283 g/mol. The Morgan fingerprint density at radius 2 is 2.00 bits per heavy atom. The monoisotopic (exact) mass is 298 g/mol. The topological polar surface area (TPSA) is 35.5 Å². The van der Waals surface area contributed by atoms with Crippen LogP contribution in [0.1, 0.15) is 39.0 Å². The molecule has 0 heterocycles. The molecule has 1 atom stereocenters. The molecule has 1 fully saturated rings. The molecule has 0 unspecified atom stereocenters. The fourth-order valence-corrected chi connectivity index (χ4v) is 1.69. The lowest BCUT2D eigenvalue weighted by Gasteiger charge is -2.21. The van der Waals surface area contributed by atoms with E-state index in [1.54, 1.807) is 0 Å². The summed E-state index contributed by atoms with van der Waals surface area (Å²) in [6.07, 6.45) is 5.15. The maximum atomic E-state index is 11.1. The summed E-state index contributed by atoms with van der Waals surface area (Å²) in [4.78, 5) is 11.1. The first-order chi connectivity index (χ1) is 6.18. The zero-order valence-electron chi connectivity index (χ0n) is 7.79. The van der Waals surface area contributed by atoms with Crippen LogP contribution in [0.2, 0.25) is 0 Å². The van der Waals surface area contributed by atoms with Gasteiger partial charge in [0.25, 0.3) is 0 Å². The Bertz CT molecular complexity index is 164. The Kier molecular flexibility index (Phi) is 4.83. The first kappa shape index (κ1) is 11.1. The van der Waals surface area contributed by atoms with Crippen LogP contribution in [0.25, 0.3) is 0 Å². The summed E-state index contributed by atoms with van der Waals surface area (Å²) in [7, 11) is 0. The number of carbonyl (C=O) groups is 1. The Hall–Kier alpha value is 0. The lowest BCUT2D eigenvalue weighted by Crippen LogP contribution is -2.22. The van der Waals surface area contributed by atoms with Gasteiger partial charge in [-0.3, -0.25) is 0 Å². The number of hydrogen-bond donors (Lipinski definition) is 0. The smallest absolute Gasteiger partial charge is 0.431 e. The SMILES string of the molecule is C[C@@H](I)OC(=O)OC1CCCCC1. The second-order valence-electron chi connectivity index (χ2n) is 3.29. The average Bonchev–Trinajstić information content (AvgIpc) is 2.04. The van der Waals surface area contributed by atoms with Gasteiger partial charge in [-0.05, 0) is 55.2 Å². The van der Waals surface area contributed by atoms with Crippen LogP contribution in [0, 0.1) is 0 Å². The van der Waals surface area contributed by atoms with E-state index in [1.165, 1.54) is 6.42 Å². The van der Waals surface area contributed by atoms with Crippen molar-refractivity contribution < 1.29 is 14.3 Å². The van der Waals surface area contributed by atoms with Gasteiger partial charge in [0.2, 0.25) is 0 Å². The standard InChI is InChI=1S/C9H15IO3/c1-7(10)12-9(11)13-8-5-3-2-4-6-8/h7-8H,2-6H2,1H3/t7-/m0/s1. The molecule has 0 aromatic heterocycles. The van der Waals surface area contributed by atoms with E-state index < -0.39 is 6.16 Å². The van der Waals surface area contributed by atoms with Gasteiger partial charge in [0, 0.05) is 0 Å². The van der Waals surface area contributed by atoms with Crippen molar-refractivity contribution in [1.29, 1.82) is 0 Å². The molecule has 3 nitrogen and oxygen atoms in total. The molecule has 0 spiro atoms. The molecule has 1 rings (SSSR count). The van der Waals surface area contributed by atoms with Gasteiger partial charge < -0.3 is 9.47 Å². The molecular formula is C9H15IO3. The third kappa shape index (κ3) is 4.69. The van der Waals surface area contributed by atoms with Crippen LogP contribution in [0.4, 0.5) is 4.79 Å². The van der Waals surface area contributed by atoms with Crippen molar-refractivity contribution in [3.8, 4) is 0 Å². The van der Waals surface area contributed by atoms with Crippen molar-refractivity contribution in [3.05, 3.63) is 0 Å². The maximum Gasteiger partial charge on any atom is 0.509 e. The molecule has 0 aromatic carbocycles. The summed E-state index contributed by atoms with van der Waals surface area (Å²) in [5, 5.41) is 0. The van der Waals surface area contributed by atoms with E-state index >= 15 is 0 Å². The largest absolute Gasteiger partial charge is 0.509 e. The highest BCUT2D eigenvalue weighted by atomic mass is 127. The van der Waals surface area contributed by atoms with Crippen LogP contribution in [-0.4, -0.2) is 16.4 Å². The van der Waals surface area contributed by atoms with Crippen LogP contribution in [-0.2, 0) is 9.47 Å². The van der Waals surface area contributed by atoms with E-state index in [4.69, 9.17) is 9.47 Å². The fourth-order valence-electron chi connectivity index (χ4n) is 1.48. The summed E-state index contributed by atoms with van der Waals surface area (Å²) in [5.41, 5.74) is 0. The van der Waals surface area contributed by atoms with Gasteiger partial charge in [0.15, 0.2) is 4.11 Å². The molecule has 0 bridgehead atoms. The minimum absolute atomic E-state index is 0.0939. The Balaban J connectivity index is 2.18. The lowest BCUT2D eigenvalue weighted by molar-refractivity contribution is 0.0109. The fraction of sp³-hybridized carbons (Fsp3) is 0.889. The van der Waals surface area contributed by atoms with Gasteiger partial charge >= 0.3 is 6.16 Å². The summed E-state index contributed by atoms with van der Waals surface area (Å²) >= 11 is 2.03. The molecule has 1 saturated carbocycles. The minimum atomic E-state index is -0.520. The summed E-state index contributed by atoms with van der Waals surface area (Å²) in [6.45, 7) is 1.81. The minimum Gasteiger partial charge on any atom is -0.431 e. The molecule has 1 aliphatic rings. The lowest BCUT2D eigenvalue weighted by atomic mass is 9.98. The summed E-state index contributed by atoms with van der Waals surface area (Å²) < 4.78 is 9.90. The average molecular weight is 298 g/mol. The van der Waals surface area contributed by atoms with Crippen molar-refractivity contribution in [2.75, 3.05) is 0 Å². The van der Waals surface area contributed by atoms with Crippen molar-refractivity contribution in [3.63, 3.8) is 0 Å². The molecule has 0 aromatic rings. The maximum absolute atomic E-state index is 11.1. The summed E-state index contributed by atoms with van der Waals surface area (Å²) in [6, 6.07) is 0. The number of carbonyl (C=O) groups excluding carboxylic acids is 1. The Labute approximate surface area is 92.3 Å². The van der Waals surface area contributed by atoms with E-state index in [1.807, 2.05) is 29.5 Å². The highest BCUT2D eigenvalue weighted by molar-refractivity contribution is 14.1. The Morgan fingerprint density at radius 1 is 1.38 bits per heavy atom. The quantitative estimate of drug-likeness (QED) is 0.446. The third-order valence-corrected chi connectivity index (χ3v) is 2.33. The zero-order valence-corrected chi connectivity index (χ0v) is 9.95. The first-order valence-corrected chi connectivity index (χ1v) is 5.94. The van der Waals surface area contributed by atoms with Crippen LogP contribution >= 0.6 is 22.6 Å². The number of ether oxygens (including phenoxy) is 2. The van der Waals surface area contributed by atoms with Gasteiger partial charge in [-0.25, -0.2) is 4.79 Å². The van der Waals surface area contributed by atoms with Crippen molar-refractivity contribution in [1.82, 2.24) is 0 Å². The number of halogens is 1. The zero-order chi connectivity index (χ0) is 9.68. The van der Waals surface area contributed by atoms with Crippen LogP contribution < -0.4 is 0 Å². The van der Waals surface area contributed by atoms with Gasteiger partial charge in [-0.1, -0.05) is 6.42 Å². The molecule has 13 heavy (non-hydrogen) atoms. The third-order valence-electron chi connectivity index (χ3n) is 2.07. The molecule has 0 N–H and O–H groups in total. The summed E-state index contributed by atoms with van der Waals surface area (Å²) in [5.74, 6) is 0. The highest BCUT2D eigenvalue weighted by Crippen LogP contribution is 2.21. The van der Waals surface area contributed by atoms with E-state index in [2.05, 4.69) is 0 Å². The molecule has 0 saturated heterocycles. The molecule has 0 amide bonds. The number of alkyl halides is 1. The van der Waals surface area contributed by atoms with Crippen LogP contribution in [0.15, 0.2) is 0 Å². The van der Waals surface area contributed by atoms with Crippen molar-refractivity contribution >= 4 is 28.7 Å². The number of hydrogen-bond acceptors (Lipinski definition) is 3. The first-order valence-electron chi connectivity index (χ1n) is 4.70. The molecule has 4 heteroatoms. The van der Waals surface area contributed by atoms with Gasteiger partial charge in [0.1, 0.15) is 6.10 Å². The highest BCUT2D eigenvalue weighted by Gasteiger charge is 2.19. The van der Waals surface area contributed by atoms with Crippen molar-refractivity contribution in [2.24, 2.45) is 0 Å². The normalized spacial score (nSPS) is 20.8. The van der Waals surface area contributed by atoms with E-state index in [0.29, 0.717) is 0 Å². The molecule has 0 aliphatic heterocycles. The van der Waals surface area contributed by atoms with Gasteiger partial charge in [-0.2, -0.15) is 0 Å².